The smallest absolute Gasteiger partial charge is 0.320 e. The van der Waals surface area contributed by atoms with Gasteiger partial charge in [-0.3, -0.25) is 0 Å². The third-order valence-electron chi connectivity index (χ3n) is 3.64. The zero-order chi connectivity index (χ0) is 16.9. The van der Waals surface area contributed by atoms with Crippen LogP contribution < -0.4 is 10.6 Å². The molecule has 0 fully saturated rings. The van der Waals surface area contributed by atoms with Crippen molar-refractivity contribution in [3.63, 3.8) is 0 Å². The van der Waals surface area contributed by atoms with Gasteiger partial charge >= 0.3 is 6.03 Å². The third kappa shape index (κ3) is 3.81. The minimum atomic E-state index is -0.462. The Hall–Kier alpha value is -2.66. The first kappa shape index (κ1) is 16.2. The van der Waals surface area contributed by atoms with Gasteiger partial charge in [-0.05, 0) is 36.1 Å². The van der Waals surface area contributed by atoms with Crippen molar-refractivity contribution in [1.29, 1.82) is 0 Å². The van der Waals surface area contributed by atoms with E-state index in [0.717, 1.165) is 16.0 Å². The van der Waals surface area contributed by atoms with Crippen LogP contribution >= 0.6 is 11.3 Å². The first-order chi connectivity index (χ1) is 11.6. The Labute approximate surface area is 144 Å². The van der Waals surface area contributed by atoms with Crippen LogP contribution in [0.1, 0.15) is 22.0 Å². The van der Waals surface area contributed by atoms with Crippen LogP contribution in [0.3, 0.4) is 0 Å². The highest BCUT2D eigenvalue weighted by Gasteiger charge is 2.18. The number of amides is 2. The lowest BCUT2D eigenvalue weighted by Crippen LogP contribution is -2.33. The second kappa shape index (κ2) is 7.27. The maximum absolute atomic E-state index is 13.7. The van der Waals surface area contributed by atoms with E-state index in [1.165, 1.54) is 12.1 Å². The number of anilines is 1. The van der Waals surface area contributed by atoms with Crippen molar-refractivity contribution in [1.82, 2.24) is 5.32 Å². The predicted molar refractivity (Wildman–Crippen MR) is 95.9 cm³/mol. The van der Waals surface area contributed by atoms with Gasteiger partial charge in [0, 0.05) is 4.88 Å². The maximum atomic E-state index is 13.7. The largest absolute Gasteiger partial charge is 0.326 e. The number of benzene rings is 2. The van der Waals surface area contributed by atoms with Gasteiger partial charge in [-0.15, -0.1) is 11.3 Å². The Morgan fingerprint density at radius 3 is 2.46 bits per heavy atom. The molecule has 0 unspecified atom stereocenters. The molecular formula is C19H17FN2OS. The Morgan fingerprint density at radius 1 is 1.04 bits per heavy atom. The molecule has 3 nitrogen and oxygen atoms in total. The Kier molecular flexibility index (Phi) is 4.91. The number of urea groups is 1. The van der Waals surface area contributed by atoms with E-state index in [1.54, 1.807) is 23.5 Å². The minimum absolute atomic E-state index is 0.156. The molecule has 0 saturated carbocycles. The van der Waals surface area contributed by atoms with Crippen LogP contribution in [0.4, 0.5) is 14.9 Å². The quantitative estimate of drug-likeness (QED) is 0.681. The Morgan fingerprint density at radius 2 is 1.79 bits per heavy atom. The number of para-hydroxylation sites is 1. The summed E-state index contributed by atoms with van der Waals surface area (Å²) in [7, 11) is 0. The second-order valence-corrected chi connectivity index (χ2v) is 6.42. The molecular weight excluding hydrogens is 323 g/mol. The molecule has 0 aliphatic rings. The van der Waals surface area contributed by atoms with E-state index in [0.29, 0.717) is 0 Å². The Bertz CT molecular complexity index is 816. The molecule has 2 aromatic carbocycles. The van der Waals surface area contributed by atoms with Crippen LogP contribution in [-0.4, -0.2) is 6.03 Å². The summed E-state index contributed by atoms with van der Waals surface area (Å²) in [5.41, 5.74) is 2.29. The number of aryl methyl sites for hydroxylation is 1. The molecule has 3 aromatic rings. The average molecular weight is 340 g/mol. The van der Waals surface area contributed by atoms with Crippen LogP contribution in [0.5, 0.6) is 0 Å². The van der Waals surface area contributed by atoms with E-state index in [4.69, 9.17) is 0 Å². The highest BCUT2D eigenvalue weighted by atomic mass is 32.1. The van der Waals surface area contributed by atoms with Gasteiger partial charge in [0.1, 0.15) is 5.82 Å². The summed E-state index contributed by atoms with van der Waals surface area (Å²) in [5.74, 6) is -0.462. The van der Waals surface area contributed by atoms with Gasteiger partial charge in [0.25, 0.3) is 0 Å². The highest BCUT2D eigenvalue weighted by Crippen LogP contribution is 2.26. The summed E-state index contributed by atoms with van der Waals surface area (Å²) < 4.78 is 13.7. The lowest BCUT2D eigenvalue weighted by molar-refractivity contribution is 0.250. The molecule has 0 radical (unpaired) electrons. The molecule has 3 rings (SSSR count). The molecule has 1 heterocycles. The first-order valence-corrected chi connectivity index (χ1v) is 8.43. The van der Waals surface area contributed by atoms with Gasteiger partial charge in [0.05, 0.1) is 11.7 Å². The van der Waals surface area contributed by atoms with Gasteiger partial charge in [-0.25, -0.2) is 9.18 Å². The topological polar surface area (TPSA) is 41.1 Å². The SMILES string of the molecule is Cc1ccc([C@@H](NC(=O)Nc2ccccc2F)c2cccs2)cc1. The molecule has 2 amide bonds. The standard InChI is InChI=1S/C19H17FN2OS/c1-13-8-10-14(11-9-13)18(17-7-4-12-24-17)22-19(23)21-16-6-3-2-5-15(16)20/h2-12,18H,1H3,(H2,21,22,23)/t18-/m1/s1. The minimum Gasteiger partial charge on any atom is -0.326 e. The molecule has 0 spiro atoms. The molecule has 1 aromatic heterocycles. The van der Waals surface area contributed by atoms with Crippen LogP contribution in [0.15, 0.2) is 66.0 Å². The van der Waals surface area contributed by atoms with E-state index in [-0.39, 0.29) is 11.7 Å². The monoisotopic (exact) mass is 340 g/mol. The zero-order valence-corrected chi connectivity index (χ0v) is 13.9. The van der Waals surface area contributed by atoms with Gasteiger partial charge in [0.2, 0.25) is 0 Å². The van der Waals surface area contributed by atoms with Gasteiger partial charge in [-0.1, -0.05) is 48.0 Å². The Balaban J connectivity index is 1.81. The van der Waals surface area contributed by atoms with Gasteiger partial charge in [-0.2, -0.15) is 0 Å². The zero-order valence-electron chi connectivity index (χ0n) is 13.1. The number of carbonyl (C=O) groups excluding carboxylic acids is 1. The van der Waals surface area contributed by atoms with Crippen LogP contribution in [0, 0.1) is 12.7 Å². The summed E-state index contributed by atoms with van der Waals surface area (Å²) in [6.07, 6.45) is 0. The number of nitrogens with one attached hydrogen (secondary N) is 2. The highest BCUT2D eigenvalue weighted by molar-refractivity contribution is 7.10. The number of thiophene rings is 1. The van der Waals surface area contributed by atoms with Crippen molar-refractivity contribution in [2.45, 2.75) is 13.0 Å². The number of hydrogen-bond acceptors (Lipinski definition) is 2. The molecule has 1 atom stereocenters. The van der Waals surface area contributed by atoms with Gasteiger partial charge < -0.3 is 10.6 Å². The fourth-order valence-electron chi connectivity index (χ4n) is 2.39. The van der Waals surface area contributed by atoms with Gasteiger partial charge in [0.15, 0.2) is 0 Å². The maximum Gasteiger partial charge on any atom is 0.320 e. The van der Waals surface area contributed by atoms with Crippen molar-refractivity contribution in [2.24, 2.45) is 0 Å². The van der Waals surface area contributed by atoms with Crippen LogP contribution in [0.25, 0.3) is 0 Å². The fourth-order valence-corrected chi connectivity index (χ4v) is 3.19. The lowest BCUT2D eigenvalue weighted by Gasteiger charge is -2.19. The molecule has 122 valence electrons. The summed E-state index contributed by atoms with van der Waals surface area (Å²) >= 11 is 1.56. The number of carbonyl (C=O) groups is 1. The van der Waals surface area contributed by atoms with Crippen LogP contribution in [0.2, 0.25) is 0 Å². The van der Waals surface area contributed by atoms with E-state index in [1.807, 2.05) is 48.7 Å². The molecule has 2 N–H and O–H groups in total. The summed E-state index contributed by atoms with van der Waals surface area (Å²) in [6, 6.07) is 17.3. The summed E-state index contributed by atoms with van der Waals surface area (Å²) in [6.45, 7) is 2.02. The van der Waals surface area contributed by atoms with Crippen molar-refractivity contribution < 1.29 is 9.18 Å². The van der Waals surface area contributed by atoms with E-state index >= 15 is 0 Å². The van der Waals surface area contributed by atoms with Crippen molar-refractivity contribution in [3.8, 4) is 0 Å². The molecule has 0 aliphatic carbocycles. The number of halogens is 1. The molecule has 0 bridgehead atoms. The second-order valence-electron chi connectivity index (χ2n) is 5.44. The van der Waals surface area contributed by atoms with E-state index in [2.05, 4.69) is 10.6 Å². The van der Waals surface area contributed by atoms with E-state index < -0.39 is 11.8 Å². The predicted octanol–water partition coefficient (Wildman–Crippen LogP) is 5.11. The summed E-state index contributed by atoms with van der Waals surface area (Å²) in [4.78, 5) is 13.3. The third-order valence-corrected chi connectivity index (χ3v) is 4.57. The number of hydrogen-bond donors (Lipinski definition) is 2. The summed E-state index contributed by atoms with van der Waals surface area (Å²) in [5, 5.41) is 7.45. The molecule has 24 heavy (non-hydrogen) atoms. The molecule has 0 saturated heterocycles. The fraction of sp³-hybridized carbons (Fsp3) is 0.105. The molecule has 5 heteroatoms. The normalized spacial score (nSPS) is 11.8. The van der Waals surface area contributed by atoms with Crippen molar-refractivity contribution in [3.05, 3.63) is 87.9 Å². The number of rotatable bonds is 4. The van der Waals surface area contributed by atoms with E-state index in [9.17, 15) is 9.18 Å². The first-order valence-electron chi connectivity index (χ1n) is 7.55. The van der Waals surface area contributed by atoms with Crippen LogP contribution in [-0.2, 0) is 0 Å². The average Bonchev–Trinajstić information content (AvgIpc) is 3.10. The lowest BCUT2D eigenvalue weighted by atomic mass is 10.0. The molecule has 0 aliphatic heterocycles. The van der Waals surface area contributed by atoms with Crippen molar-refractivity contribution in [2.75, 3.05) is 5.32 Å². The van der Waals surface area contributed by atoms with Crippen molar-refractivity contribution >= 4 is 23.1 Å².